The van der Waals surface area contributed by atoms with Crippen molar-refractivity contribution in [3.8, 4) is 6.07 Å². The standard InChI is InChI=1S/C16H17N3O/c1-16(20)6-8-19(9-7-16)15-10-12(11-17)13-4-2-3-5-14(13)18-15/h2-5,10,20H,6-9H2,1H3. The second-order valence-corrected chi connectivity index (χ2v) is 5.64. The van der Waals surface area contributed by atoms with E-state index in [0.29, 0.717) is 5.56 Å². The molecule has 102 valence electrons. The van der Waals surface area contributed by atoms with Gasteiger partial charge in [0.2, 0.25) is 0 Å². The van der Waals surface area contributed by atoms with Crippen molar-refractivity contribution in [2.75, 3.05) is 18.0 Å². The van der Waals surface area contributed by atoms with E-state index < -0.39 is 5.60 Å². The van der Waals surface area contributed by atoms with Gasteiger partial charge in [-0.15, -0.1) is 0 Å². The molecule has 0 radical (unpaired) electrons. The van der Waals surface area contributed by atoms with Gasteiger partial charge in [0.15, 0.2) is 0 Å². The van der Waals surface area contributed by atoms with E-state index in [4.69, 9.17) is 0 Å². The molecule has 0 aliphatic carbocycles. The molecular weight excluding hydrogens is 250 g/mol. The number of para-hydroxylation sites is 1. The molecule has 0 atom stereocenters. The smallest absolute Gasteiger partial charge is 0.130 e. The Bertz CT molecular complexity index is 678. The molecule has 0 saturated carbocycles. The number of benzene rings is 1. The maximum Gasteiger partial charge on any atom is 0.130 e. The van der Waals surface area contributed by atoms with Crippen LogP contribution in [-0.4, -0.2) is 28.8 Å². The van der Waals surface area contributed by atoms with Crippen LogP contribution < -0.4 is 4.90 Å². The number of pyridine rings is 1. The molecule has 2 aromatic rings. The van der Waals surface area contributed by atoms with Crippen LogP contribution in [0.2, 0.25) is 0 Å². The molecular formula is C16H17N3O. The van der Waals surface area contributed by atoms with Gasteiger partial charge in [-0.05, 0) is 31.9 Å². The van der Waals surface area contributed by atoms with Gasteiger partial charge in [0.25, 0.3) is 0 Å². The zero-order valence-corrected chi connectivity index (χ0v) is 11.5. The molecule has 1 aromatic carbocycles. The summed E-state index contributed by atoms with van der Waals surface area (Å²) in [5.41, 5.74) is 0.924. The number of nitrogens with zero attached hydrogens (tertiary/aromatic N) is 3. The first-order chi connectivity index (χ1) is 9.59. The third-order valence-corrected chi connectivity index (χ3v) is 3.99. The summed E-state index contributed by atoms with van der Waals surface area (Å²) in [6.45, 7) is 3.41. The van der Waals surface area contributed by atoms with Crippen molar-refractivity contribution < 1.29 is 5.11 Å². The number of hydrogen-bond donors (Lipinski definition) is 1. The summed E-state index contributed by atoms with van der Waals surface area (Å²) in [5, 5.41) is 20.2. The van der Waals surface area contributed by atoms with Crippen molar-refractivity contribution in [2.24, 2.45) is 0 Å². The quantitative estimate of drug-likeness (QED) is 0.862. The third kappa shape index (κ3) is 2.33. The number of fused-ring (bicyclic) bond motifs is 1. The molecule has 1 aromatic heterocycles. The highest BCUT2D eigenvalue weighted by molar-refractivity contribution is 5.86. The molecule has 4 heteroatoms. The van der Waals surface area contributed by atoms with Crippen molar-refractivity contribution >= 4 is 16.7 Å². The third-order valence-electron chi connectivity index (χ3n) is 3.99. The van der Waals surface area contributed by atoms with Crippen LogP contribution in [0.4, 0.5) is 5.82 Å². The van der Waals surface area contributed by atoms with Gasteiger partial charge in [-0.3, -0.25) is 0 Å². The fourth-order valence-corrected chi connectivity index (χ4v) is 2.63. The van der Waals surface area contributed by atoms with Crippen LogP contribution in [0.25, 0.3) is 10.9 Å². The second kappa shape index (κ2) is 4.77. The maximum absolute atomic E-state index is 10.0. The first-order valence-electron chi connectivity index (χ1n) is 6.86. The number of aliphatic hydroxyl groups is 1. The maximum atomic E-state index is 10.0. The average Bonchev–Trinajstić information content (AvgIpc) is 2.46. The van der Waals surface area contributed by atoms with Gasteiger partial charge in [0.05, 0.1) is 22.8 Å². The zero-order chi connectivity index (χ0) is 14.2. The molecule has 1 N–H and O–H groups in total. The summed E-state index contributed by atoms with van der Waals surface area (Å²) in [6.07, 6.45) is 1.45. The minimum Gasteiger partial charge on any atom is -0.390 e. The molecule has 20 heavy (non-hydrogen) atoms. The highest BCUT2D eigenvalue weighted by atomic mass is 16.3. The summed E-state index contributed by atoms with van der Waals surface area (Å²) in [4.78, 5) is 6.79. The van der Waals surface area contributed by atoms with Gasteiger partial charge in [-0.25, -0.2) is 4.98 Å². The molecule has 0 spiro atoms. The fourth-order valence-electron chi connectivity index (χ4n) is 2.63. The van der Waals surface area contributed by atoms with Crippen LogP contribution in [0.5, 0.6) is 0 Å². The Kier molecular flexibility index (Phi) is 3.07. The van der Waals surface area contributed by atoms with E-state index in [-0.39, 0.29) is 0 Å². The fraction of sp³-hybridized carbons (Fsp3) is 0.375. The van der Waals surface area contributed by atoms with Crippen molar-refractivity contribution in [1.29, 1.82) is 5.26 Å². The summed E-state index contributed by atoms with van der Waals surface area (Å²) < 4.78 is 0. The Hall–Kier alpha value is -2.12. The van der Waals surface area contributed by atoms with Crippen molar-refractivity contribution in [1.82, 2.24) is 4.98 Å². The van der Waals surface area contributed by atoms with Crippen molar-refractivity contribution in [3.05, 3.63) is 35.9 Å². The van der Waals surface area contributed by atoms with Gasteiger partial charge in [0, 0.05) is 18.5 Å². The lowest BCUT2D eigenvalue weighted by Gasteiger charge is -2.36. The molecule has 0 amide bonds. The summed E-state index contributed by atoms with van der Waals surface area (Å²) in [5.74, 6) is 0.829. The molecule has 1 aliphatic heterocycles. The predicted molar refractivity (Wildman–Crippen MR) is 78.5 cm³/mol. The minimum atomic E-state index is -0.578. The number of hydrogen-bond acceptors (Lipinski definition) is 4. The SMILES string of the molecule is CC1(O)CCN(c2cc(C#N)c3ccccc3n2)CC1. The van der Waals surface area contributed by atoms with Gasteiger partial charge < -0.3 is 10.0 Å². The first kappa shape index (κ1) is 12.9. The summed E-state index contributed by atoms with van der Waals surface area (Å²) in [7, 11) is 0. The molecule has 0 unspecified atom stereocenters. The van der Waals surface area contributed by atoms with E-state index in [0.717, 1.165) is 42.7 Å². The number of anilines is 1. The van der Waals surface area contributed by atoms with E-state index in [2.05, 4.69) is 16.0 Å². The zero-order valence-electron chi connectivity index (χ0n) is 11.5. The van der Waals surface area contributed by atoms with Crippen LogP contribution in [-0.2, 0) is 0 Å². The number of piperidine rings is 1. The average molecular weight is 267 g/mol. The summed E-state index contributed by atoms with van der Waals surface area (Å²) >= 11 is 0. The van der Waals surface area contributed by atoms with Crippen LogP contribution in [0.3, 0.4) is 0 Å². The minimum absolute atomic E-state index is 0.578. The van der Waals surface area contributed by atoms with Crippen LogP contribution in [0.15, 0.2) is 30.3 Å². The monoisotopic (exact) mass is 267 g/mol. The topological polar surface area (TPSA) is 60.1 Å². The van der Waals surface area contributed by atoms with Gasteiger partial charge in [-0.2, -0.15) is 5.26 Å². The number of rotatable bonds is 1. The van der Waals surface area contributed by atoms with E-state index in [1.165, 1.54) is 0 Å². The summed E-state index contributed by atoms with van der Waals surface area (Å²) in [6, 6.07) is 11.8. The largest absolute Gasteiger partial charge is 0.390 e. The van der Waals surface area contributed by atoms with Crippen molar-refractivity contribution in [2.45, 2.75) is 25.4 Å². The molecule has 1 saturated heterocycles. The number of aromatic nitrogens is 1. The van der Waals surface area contributed by atoms with E-state index in [1.54, 1.807) is 0 Å². The Morgan fingerprint density at radius 2 is 2.00 bits per heavy atom. The van der Waals surface area contributed by atoms with Crippen molar-refractivity contribution in [3.63, 3.8) is 0 Å². The lowest BCUT2D eigenvalue weighted by molar-refractivity contribution is 0.0350. The number of nitriles is 1. The lowest BCUT2D eigenvalue weighted by atomic mass is 9.94. The lowest BCUT2D eigenvalue weighted by Crippen LogP contribution is -2.42. The first-order valence-corrected chi connectivity index (χ1v) is 6.86. The Labute approximate surface area is 118 Å². The molecule has 2 heterocycles. The van der Waals surface area contributed by atoms with Gasteiger partial charge >= 0.3 is 0 Å². The Balaban J connectivity index is 1.99. The van der Waals surface area contributed by atoms with Crippen LogP contribution in [0.1, 0.15) is 25.3 Å². The molecule has 1 fully saturated rings. The van der Waals surface area contributed by atoms with E-state index in [1.807, 2.05) is 37.3 Å². The highest BCUT2D eigenvalue weighted by Gasteiger charge is 2.28. The molecule has 4 nitrogen and oxygen atoms in total. The van der Waals surface area contributed by atoms with E-state index in [9.17, 15) is 10.4 Å². The Morgan fingerprint density at radius 3 is 2.70 bits per heavy atom. The van der Waals surface area contributed by atoms with Crippen LogP contribution in [0, 0.1) is 11.3 Å². The van der Waals surface area contributed by atoms with E-state index >= 15 is 0 Å². The molecule has 0 bridgehead atoms. The highest BCUT2D eigenvalue weighted by Crippen LogP contribution is 2.27. The Morgan fingerprint density at radius 1 is 1.30 bits per heavy atom. The molecule has 1 aliphatic rings. The van der Waals surface area contributed by atoms with Crippen LogP contribution >= 0.6 is 0 Å². The normalized spacial score (nSPS) is 17.9. The second-order valence-electron chi connectivity index (χ2n) is 5.64. The van der Waals surface area contributed by atoms with Gasteiger partial charge in [0.1, 0.15) is 5.82 Å². The van der Waals surface area contributed by atoms with Gasteiger partial charge in [-0.1, -0.05) is 18.2 Å². The predicted octanol–water partition coefficient (Wildman–Crippen LogP) is 2.46. The molecule has 3 rings (SSSR count).